The number of hydrogen-bond donors (Lipinski definition) is 2. The molecule has 3 aromatic heterocycles. The first-order valence-electron chi connectivity index (χ1n) is 16.2. The van der Waals surface area contributed by atoms with E-state index in [1.807, 2.05) is 24.8 Å². The summed E-state index contributed by atoms with van der Waals surface area (Å²) >= 11 is 0.914. The second-order valence-corrected chi connectivity index (χ2v) is 14.6. The van der Waals surface area contributed by atoms with E-state index >= 15 is 8.78 Å². The highest BCUT2D eigenvalue weighted by Gasteiger charge is 2.49. The Morgan fingerprint density at radius 1 is 1.21 bits per heavy atom. The molecule has 1 saturated carbocycles. The number of ether oxygens (including phenoxy) is 1. The van der Waals surface area contributed by atoms with Crippen LogP contribution in [0.25, 0.3) is 32.2 Å². The van der Waals surface area contributed by atoms with E-state index in [0.29, 0.717) is 38.9 Å². The number of aromatic nitrogens is 3. The Hall–Kier alpha value is -3.93. The Kier molecular flexibility index (Phi) is 7.16. The van der Waals surface area contributed by atoms with E-state index in [1.165, 1.54) is 16.7 Å². The zero-order valence-electron chi connectivity index (χ0n) is 26.2. The number of rotatable bonds is 6. The van der Waals surface area contributed by atoms with Gasteiger partial charge in [0.2, 0.25) is 0 Å². The van der Waals surface area contributed by atoms with Gasteiger partial charge in [-0.05, 0) is 58.2 Å². The fraction of sp³-hybridized carbons (Fsp3) is 0.515. The summed E-state index contributed by atoms with van der Waals surface area (Å²) in [6, 6.07) is 4.26. The molecular formula is C33H35F3N8O2S. The number of thiophene rings is 1. The molecule has 6 heterocycles. The molecule has 246 valence electrons. The molecule has 4 fully saturated rings. The third-order valence-corrected chi connectivity index (χ3v) is 11.4. The lowest BCUT2D eigenvalue weighted by atomic mass is 9.95. The van der Waals surface area contributed by atoms with Crippen LogP contribution in [0.15, 0.2) is 16.9 Å². The third kappa shape index (κ3) is 4.76. The molecule has 8 rings (SSSR count). The van der Waals surface area contributed by atoms with E-state index in [-0.39, 0.29) is 79.4 Å². The number of halogens is 3. The number of alkyl halides is 1. The smallest absolute Gasteiger partial charge is 0.319 e. The minimum Gasteiger partial charge on any atom is -0.461 e. The molecule has 4 atom stereocenters. The van der Waals surface area contributed by atoms with Crippen molar-refractivity contribution < 1.29 is 17.9 Å². The van der Waals surface area contributed by atoms with Gasteiger partial charge in [0.05, 0.1) is 21.5 Å². The maximum absolute atomic E-state index is 17.4. The molecule has 0 bridgehead atoms. The van der Waals surface area contributed by atoms with Crippen LogP contribution in [0.2, 0.25) is 0 Å². The molecule has 0 radical (unpaired) electrons. The van der Waals surface area contributed by atoms with Gasteiger partial charge in [0.25, 0.3) is 5.56 Å². The van der Waals surface area contributed by atoms with E-state index < -0.39 is 28.9 Å². The van der Waals surface area contributed by atoms with Crippen LogP contribution >= 0.6 is 11.3 Å². The van der Waals surface area contributed by atoms with Gasteiger partial charge >= 0.3 is 6.01 Å². The van der Waals surface area contributed by atoms with E-state index in [1.54, 1.807) is 0 Å². The van der Waals surface area contributed by atoms with Gasteiger partial charge in [0.15, 0.2) is 5.82 Å². The van der Waals surface area contributed by atoms with E-state index in [4.69, 9.17) is 15.5 Å². The average Bonchev–Trinajstić information content (AvgIpc) is 3.61. The zero-order chi connectivity index (χ0) is 32.8. The molecule has 1 aromatic carbocycles. The van der Waals surface area contributed by atoms with Crippen molar-refractivity contribution in [2.45, 2.75) is 75.8 Å². The topological polar surface area (TPSA) is 125 Å². The first-order valence-corrected chi connectivity index (χ1v) is 17.0. The van der Waals surface area contributed by atoms with Gasteiger partial charge in [-0.25, -0.2) is 13.2 Å². The normalized spacial score (nSPS) is 26.3. The number of nitriles is 1. The Bertz CT molecular complexity index is 2040. The number of pyridine rings is 1. The van der Waals surface area contributed by atoms with Gasteiger partial charge in [-0.1, -0.05) is 0 Å². The largest absolute Gasteiger partial charge is 0.461 e. The van der Waals surface area contributed by atoms with Crippen LogP contribution in [-0.2, 0) is 0 Å². The summed E-state index contributed by atoms with van der Waals surface area (Å²) in [6.07, 6.45) is 2.41. The molecule has 3 aliphatic heterocycles. The number of nitrogens with one attached hydrogen (secondary N) is 1. The highest BCUT2D eigenvalue weighted by atomic mass is 32.1. The number of piperazine rings is 1. The second kappa shape index (κ2) is 11.1. The average molecular weight is 665 g/mol. The number of nitrogens with zero attached hydrogens (tertiary/aromatic N) is 6. The van der Waals surface area contributed by atoms with Crippen LogP contribution < -0.4 is 26.2 Å². The van der Waals surface area contributed by atoms with Gasteiger partial charge in [-0.3, -0.25) is 9.69 Å². The van der Waals surface area contributed by atoms with E-state index in [9.17, 15) is 14.4 Å². The number of hydrogen-bond acceptors (Lipinski definition) is 10. The number of nitrogens with two attached hydrogens (primary N) is 1. The third-order valence-electron chi connectivity index (χ3n) is 10.3. The maximum Gasteiger partial charge on any atom is 0.319 e. The van der Waals surface area contributed by atoms with Crippen LogP contribution in [-0.4, -0.2) is 76.0 Å². The minimum absolute atomic E-state index is 0.0351. The van der Waals surface area contributed by atoms with Crippen molar-refractivity contribution in [2.24, 2.45) is 0 Å². The Morgan fingerprint density at radius 2 is 2.02 bits per heavy atom. The first-order chi connectivity index (χ1) is 22.6. The fourth-order valence-electron chi connectivity index (χ4n) is 7.89. The van der Waals surface area contributed by atoms with Crippen molar-refractivity contribution in [1.82, 2.24) is 24.8 Å². The van der Waals surface area contributed by atoms with Gasteiger partial charge in [0.1, 0.15) is 46.4 Å². The standard InChI is InChI=1S/C33H35F3N8O2S/c1-16-13-43(17(2)12-39-16)30-24-26(40-32(41-30)46-15-33-8-3-9-42(33)14-18(34)10-33)25(36)27(44(31(24)45)19-4-5-19)20-6-7-22(35)28-23(20)21(11-37)29(38)47-28/h6-7,16-19,39H,3-5,8-10,12-15,38H2,1-2H3/t16-,17+,18-,33+/m1/s1. The maximum atomic E-state index is 17.4. The summed E-state index contributed by atoms with van der Waals surface area (Å²) in [5.41, 5.74) is 5.11. The van der Waals surface area contributed by atoms with E-state index in [2.05, 4.69) is 15.2 Å². The number of nitrogen functional groups attached to an aromatic ring is 1. The van der Waals surface area contributed by atoms with Crippen LogP contribution in [0.5, 0.6) is 6.01 Å². The number of anilines is 2. The lowest BCUT2D eigenvalue weighted by Gasteiger charge is -2.39. The van der Waals surface area contributed by atoms with Crippen LogP contribution in [0.3, 0.4) is 0 Å². The minimum atomic E-state index is -0.951. The molecule has 0 unspecified atom stereocenters. The monoisotopic (exact) mass is 664 g/mol. The Morgan fingerprint density at radius 3 is 2.79 bits per heavy atom. The van der Waals surface area contributed by atoms with Crippen molar-refractivity contribution in [3.8, 4) is 23.3 Å². The fourth-order valence-corrected chi connectivity index (χ4v) is 8.84. The summed E-state index contributed by atoms with van der Waals surface area (Å²) in [6.45, 7) is 6.45. The lowest BCUT2D eigenvalue weighted by molar-refractivity contribution is 0.107. The summed E-state index contributed by atoms with van der Waals surface area (Å²) < 4.78 is 54.7. The molecule has 1 aliphatic carbocycles. The molecule has 4 aromatic rings. The van der Waals surface area contributed by atoms with Crippen molar-refractivity contribution in [3.63, 3.8) is 0 Å². The molecular weight excluding hydrogens is 629 g/mol. The molecule has 10 nitrogen and oxygen atoms in total. The number of benzene rings is 1. The molecule has 0 spiro atoms. The van der Waals surface area contributed by atoms with Crippen molar-refractivity contribution in [2.75, 3.05) is 43.4 Å². The molecule has 3 saturated heterocycles. The first kappa shape index (κ1) is 30.4. The Labute approximate surface area is 272 Å². The molecule has 3 N–H and O–H groups in total. The lowest BCUT2D eigenvalue weighted by Crippen LogP contribution is -2.55. The second-order valence-electron chi connectivity index (χ2n) is 13.5. The summed E-state index contributed by atoms with van der Waals surface area (Å²) in [5, 5.41) is 13.7. The quantitative estimate of drug-likeness (QED) is 0.297. The van der Waals surface area contributed by atoms with Crippen molar-refractivity contribution >= 4 is 43.1 Å². The predicted molar refractivity (Wildman–Crippen MR) is 175 cm³/mol. The molecule has 47 heavy (non-hydrogen) atoms. The van der Waals surface area contributed by atoms with Gasteiger partial charge < -0.3 is 25.3 Å². The highest BCUT2D eigenvalue weighted by molar-refractivity contribution is 7.23. The predicted octanol–water partition coefficient (Wildman–Crippen LogP) is 4.88. The van der Waals surface area contributed by atoms with Crippen LogP contribution in [0.4, 0.5) is 24.0 Å². The van der Waals surface area contributed by atoms with Crippen molar-refractivity contribution in [1.29, 1.82) is 5.26 Å². The Balaban J connectivity index is 1.37. The van der Waals surface area contributed by atoms with E-state index in [0.717, 1.165) is 30.7 Å². The molecule has 14 heteroatoms. The van der Waals surface area contributed by atoms with Crippen molar-refractivity contribution in [3.05, 3.63) is 39.7 Å². The van der Waals surface area contributed by atoms with Gasteiger partial charge in [-0.2, -0.15) is 15.2 Å². The highest BCUT2D eigenvalue weighted by Crippen LogP contribution is 2.46. The van der Waals surface area contributed by atoms with Crippen LogP contribution in [0.1, 0.15) is 57.6 Å². The van der Waals surface area contributed by atoms with Crippen LogP contribution in [0, 0.1) is 23.0 Å². The molecule has 0 amide bonds. The SMILES string of the molecule is C[C@@H]1CN(c2nc(OC[C@@]34CCCN3C[C@H](F)C4)nc3c(F)c(-c4ccc(F)c5sc(N)c(C#N)c45)n(C4CC4)c(=O)c23)[C@@H](C)CN1. The zero-order valence-corrected chi connectivity index (χ0v) is 27.0. The number of fused-ring (bicyclic) bond motifs is 3. The van der Waals surface area contributed by atoms with Gasteiger partial charge in [-0.15, -0.1) is 11.3 Å². The molecule has 4 aliphatic rings. The van der Waals surface area contributed by atoms with Gasteiger partial charge in [0, 0.05) is 55.1 Å². The summed E-state index contributed by atoms with van der Waals surface area (Å²) in [7, 11) is 0. The summed E-state index contributed by atoms with van der Waals surface area (Å²) in [4.78, 5) is 28.1. The summed E-state index contributed by atoms with van der Waals surface area (Å²) in [5.74, 6) is -1.09.